The van der Waals surface area contributed by atoms with Crippen LogP contribution in [-0.2, 0) is 4.74 Å². The molecule has 7 nitrogen and oxygen atoms in total. The van der Waals surface area contributed by atoms with Crippen molar-refractivity contribution in [3.63, 3.8) is 0 Å². The molecule has 0 saturated carbocycles. The Morgan fingerprint density at radius 1 is 1.68 bits per heavy atom. The van der Waals surface area contributed by atoms with Crippen LogP contribution in [0.25, 0.3) is 0 Å². The maximum Gasteiger partial charge on any atom is 0.454 e. The Morgan fingerprint density at radius 2 is 2.37 bits per heavy atom. The summed E-state index contributed by atoms with van der Waals surface area (Å²) in [5, 5.41) is 19.5. The first-order valence-electron chi connectivity index (χ1n) is 5.57. The molecule has 3 rings (SSSR count). The number of quaternary nitrogens is 1. The van der Waals surface area contributed by atoms with E-state index >= 15 is 0 Å². The predicted molar refractivity (Wildman–Crippen MR) is 64.7 cm³/mol. The molecule has 3 aliphatic rings. The minimum atomic E-state index is -2.34. The molecule has 104 valence electrons. The fraction of sp³-hybridized carbons (Fsp3) is 0.600. The third kappa shape index (κ3) is 1.20. The van der Waals surface area contributed by atoms with Crippen LogP contribution in [0.2, 0.25) is 0 Å². The number of fused-ring (bicyclic) bond motifs is 3. The highest BCUT2D eigenvalue weighted by atomic mass is 79.9. The first-order chi connectivity index (χ1) is 8.89. The molecule has 2 amide bonds. The summed E-state index contributed by atoms with van der Waals surface area (Å²) < 4.78 is 19.5. The van der Waals surface area contributed by atoms with Gasteiger partial charge in [-0.2, -0.15) is 4.39 Å². The fourth-order valence-corrected chi connectivity index (χ4v) is 3.37. The molecule has 0 aromatic rings. The quantitative estimate of drug-likeness (QED) is 0.268. The van der Waals surface area contributed by atoms with Crippen molar-refractivity contribution in [2.75, 3.05) is 11.9 Å². The third-order valence-corrected chi connectivity index (χ3v) is 4.91. The van der Waals surface area contributed by atoms with Gasteiger partial charge < -0.3 is 20.7 Å². The van der Waals surface area contributed by atoms with Crippen molar-refractivity contribution in [1.29, 1.82) is 0 Å². The second kappa shape index (κ2) is 3.61. The Kier molecular flexibility index (Phi) is 2.50. The first-order valence-corrected chi connectivity index (χ1v) is 6.69. The maximum atomic E-state index is 14.9. The number of amidine groups is 1. The summed E-state index contributed by atoms with van der Waals surface area (Å²) in [5.74, 6) is -2.36. The van der Waals surface area contributed by atoms with Crippen LogP contribution in [0.3, 0.4) is 0 Å². The molecule has 0 aromatic heterocycles. The molecular weight excluding hydrogens is 325 g/mol. The van der Waals surface area contributed by atoms with E-state index in [9.17, 15) is 19.4 Å². The number of rotatable bonds is 2. The van der Waals surface area contributed by atoms with Crippen molar-refractivity contribution in [2.24, 2.45) is 10.7 Å². The van der Waals surface area contributed by atoms with Crippen LogP contribution in [0.4, 0.5) is 9.18 Å². The second-order valence-corrected chi connectivity index (χ2v) is 5.43. The van der Waals surface area contributed by atoms with Crippen LogP contribution in [0.1, 0.15) is 0 Å². The molecule has 3 heterocycles. The Balaban J connectivity index is 1.99. The number of carbonyl (C=O) groups excluding carboxylic acids is 1. The summed E-state index contributed by atoms with van der Waals surface area (Å²) in [6.07, 6.45) is -0.342. The molecule has 4 N–H and O–H groups in total. The molecule has 0 aliphatic carbocycles. The summed E-state index contributed by atoms with van der Waals surface area (Å²) in [4.78, 5) is 15.4. The number of alkyl halides is 2. The first kappa shape index (κ1) is 13.1. The summed E-state index contributed by atoms with van der Waals surface area (Å²) in [7, 11) is 0. The van der Waals surface area contributed by atoms with E-state index in [-0.39, 0.29) is 11.2 Å². The SMILES string of the molecule is NC1=NC(=O)[N+]2(C=C1)[C@@H]1O[C@@](CO)(CBr)[C@@H](O)[C@]12F. The number of aliphatic imine (C=N–C) groups is 1. The van der Waals surface area contributed by atoms with Crippen LogP contribution in [-0.4, -0.2) is 62.2 Å². The highest BCUT2D eigenvalue weighted by molar-refractivity contribution is 9.09. The normalized spacial score (nSPS) is 51.4. The Hall–Kier alpha value is -0.870. The number of halogens is 2. The van der Waals surface area contributed by atoms with E-state index in [1.807, 2.05) is 0 Å². The topological polar surface area (TPSA) is 105 Å². The second-order valence-electron chi connectivity index (χ2n) is 4.87. The number of aliphatic hydroxyl groups is 2. The van der Waals surface area contributed by atoms with E-state index in [0.29, 0.717) is 0 Å². The highest BCUT2D eigenvalue weighted by Crippen LogP contribution is 2.64. The van der Waals surface area contributed by atoms with Crippen LogP contribution in [0.15, 0.2) is 17.3 Å². The molecule has 5 atom stereocenters. The molecule has 1 spiro atoms. The zero-order valence-electron chi connectivity index (χ0n) is 9.66. The van der Waals surface area contributed by atoms with Gasteiger partial charge in [-0.15, -0.1) is 9.48 Å². The molecule has 0 aromatic carbocycles. The Labute approximate surface area is 115 Å². The van der Waals surface area contributed by atoms with Crippen molar-refractivity contribution in [3.8, 4) is 0 Å². The molecule has 2 saturated heterocycles. The molecule has 3 aliphatic heterocycles. The number of aliphatic hydroxyl groups excluding tert-OH is 2. The number of ether oxygens (including phenoxy) is 1. The lowest BCUT2D eigenvalue weighted by Crippen LogP contribution is -2.57. The van der Waals surface area contributed by atoms with Gasteiger partial charge in [-0.25, -0.2) is 4.79 Å². The van der Waals surface area contributed by atoms with Gasteiger partial charge in [0.1, 0.15) is 17.6 Å². The van der Waals surface area contributed by atoms with Crippen molar-refractivity contribution in [3.05, 3.63) is 12.3 Å². The van der Waals surface area contributed by atoms with E-state index < -0.39 is 40.8 Å². The van der Waals surface area contributed by atoms with Gasteiger partial charge in [0, 0.05) is 11.4 Å². The molecule has 9 heteroatoms. The fourth-order valence-electron chi connectivity index (χ4n) is 2.75. The van der Waals surface area contributed by atoms with Crippen molar-refractivity contribution in [1.82, 2.24) is 0 Å². The third-order valence-electron chi connectivity index (χ3n) is 3.96. The standard InChI is InChI=1S/C10H11BrFN3O4/c11-3-9(4-16)6(17)10(12)7(19-9)15(10)2-1-5(13)14-8(15)18/h1-2,6-7,16-17H,3-4H2,(H-,13,14,18)/p+1/t6-,7-,9-,10-,15?/m1/s1. The van der Waals surface area contributed by atoms with Crippen LogP contribution in [0.5, 0.6) is 0 Å². The van der Waals surface area contributed by atoms with Gasteiger partial charge in [-0.3, -0.25) is 0 Å². The number of nitrogens with two attached hydrogens (primary N) is 1. The van der Waals surface area contributed by atoms with Crippen molar-refractivity contribution < 1.29 is 28.6 Å². The largest absolute Gasteiger partial charge is 0.454 e. The number of nitrogens with zero attached hydrogens (tertiary/aromatic N) is 2. The van der Waals surface area contributed by atoms with E-state index in [1.165, 1.54) is 12.3 Å². The van der Waals surface area contributed by atoms with Gasteiger partial charge in [0.2, 0.25) is 0 Å². The molecule has 0 bridgehead atoms. The number of carbonyl (C=O) groups is 1. The number of hydrogen-bond acceptors (Lipinski definition) is 5. The predicted octanol–water partition coefficient (Wildman–Crippen LogP) is -0.670. The summed E-state index contributed by atoms with van der Waals surface area (Å²) in [5.41, 5.74) is 3.91. The smallest absolute Gasteiger partial charge is 0.393 e. The number of hydrogen-bond donors (Lipinski definition) is 3. The number of urea groups is 1. The van der Waals surface area contributed by atoms with Crippen LogP contribution < -0.4 is 5.73 Å². The van der Waals surface area contributed by atoms with E-state index in [1.54, 1.807) is 0 Å². The van der Waals surface area contributed by atoms with Gasteiger partial charge in [0.15, 0.2) is 6.10 Å². The maximum absolute atomic E-state index is 14.9. The lowest BCUT2D eigenvalue weighted by molar-refractivity contribution is -0.746. The average molecular weight is 337 g/mol. The summed E-state index contributed by atoms with van der Waals surface area (Å²) >= 11 is 3.07. The number of amides is 2. The van der Waals surface area contributed by atoms with E-state index in [4.69, 9.17) is 10.5 Å². The monoisotopic (exact) mass is 336 g/mol. The molecule has 2 fully saturated rings. The van der Waals surface area contributed by atoms with Gasteiger partial charge in [0.25, 0.3) is 0 Å². The van der Waals surface area contributed by atoms with Crippen LogP contribution in [0, 0.1) is 0 Å². The minimum absolute atomic E-state index is 0.0225. The van der Waals surface area contributed by atoms with Crippen molar-refractivity contribution >= 4 is 27.8 Å². The molecule has 19 heavy (non-hydrogen) atoms. The van der Waals surface area contributed by atoms with Gasteiger partial charge >= 0.3 is 18.1 Å². The Morgan fingerprint density at radius 3 is 2.79 bits per heavy atom. The average Bonchev–Trinajstić information content (AvgIpc) is 2.81. The minimum Gasteiger partial charge on any atom is -0.393 e. The van der Waals surface area contributed by atoms with Gasteiger partial charge in [0.05, 0.1) is 6.61 Å². The van der Waals surface area contributed by atoms with Crippen LogP contribution >= 0.6 is 15.9 Å². The van der Waals surface area contributed by atoms with Gasteiger partial charge in [-0.05, 0) is 0 Å². The zero-order valence-corrected chi connectivity index (χ0v) is 11.2. The summed E-state index contributed by atoms with van der Waals surface area (Å²) in [6, 6.07) is -0.826. The Bertz CT molecular complexity index is 523. The molecule has 0 radical (unpaired) electrons. The zero-order chi connectivity index (χ0) is 14.1. The lowest BCUT2D eigenvalue weighted by atomic mass is 9.98. The van der Waals surface area contributed by atoms with E-state index in [2.05, 4.69) is 20.9 Å². The van der Waals surface area contributed by atoms with E-state index in [0.717, 1.165) is 0 Å². The van der Waals surface area contributed by atoms with Crippen molar-refractivity contribution in [2.45, 2.75) is 23.7 Å². The highest BCUT2D eigenvalue weighted by Gasteiger charge is 2.97. The lowest BCUT2D eigenvalue weighted by Gasteiger charge is -2.32. The molecule has 1 unspecified atom stereocenters. The van der Waals surface area contributed by atoms with Gasteiger partial charge in [-0.1, -0.05) is 15.9 Å². The molecular formula is C10H12BrFN3O4+. The summed E-state index contributed by atoms with van der Waals surface area (Å²) in [6.45, 7) is -0.565.